The summed E-state index contributed by atoms with van der Waals surface area (Å²) in [6, 6.07) is 3.69. The minimum Gasteiger partial charge on any atom is -0.294 e. The van der Waals surface area contributed by atoms with Crippen LogP contribution < -0.4 is 0 Å². The van der Waals surface area contributed by atoms with Crippen LogP contribution in [0.25, 0.3) is 0 Å². The molecule has 0 saturated heterocycles. The van der Waals surface area contributed by atoms with Gasteiger partial charge in [0, 0.05) is 23.4 Å². The zero-order valence-electron chi connectivity index (χ0n) is 7.08. The van der Waals surface area contributed by atoms with Crippen LogP contribution in [0.2, 0.25) is 0 Å². The number of hydrogen-bond donors (Lipinski definition) is 0. The average molecular weight is 161 g/mol. The van der Waals surface area contributed by atoms with Gasteiger partial charge in [0.25, 0.3) is 0 Å². The molecular formula is C10H11NO. The summed E-state index contributed by atoms with van der Waals surface area (Å²) in [5, 5.41) is 0. The zero-order valence-corrected chi connectivity index (χ0v) is 7.08. The van der Waals surface area contributed by atoms with Gasteiger partial charge in [-0.25, -0.2) is 0 Å². The van der Waals surface area contributed by atoms with E-state index in [1.165, 1.54) is 0 Å². The van der Waals surface area contributed by atoms with E-state index in [1.54, 1.807) is 6.20 Å². The molecule has 1 aliphatic carbocycles. The quantitative estimate of drug-likeness (QED) is 0.621. The Bertz CT molecular complexity index is 315. The number of carbonyl (C=O) groups excluding carboxylic acids is 1. The molecule has 0 amide bonds. The van der Waals surface area contributed by atoms with E-state index in [4.69, 9.17) is 0 Å². The summed E-state index contributed by atoms with van der Waals surface area (Å²) in [6.07, 6.45) is 3.85. The molecule has 1 saturated carbocycles. The van der Waals surface area contributed by atoms with Gasteiger partial charge in [0.15, 0.2) is 5.78 Å². The van der Waals surface area contributed by atoms with Gasteiger partial charge in [-0.3, -0.25) is 9.78 Å². The third-order valence-corrected chi connectivity index (χ3v) is 2.22. The third kappa shape index (κ3) is 1.24. The maximum atomic E-state index is 11.6. The van der Waals surface area contributed by atoms with E-state index in [0.717, 1.165) is 24.1 Å². The monoisotopic (exact) mass is 161 g/mol. The summed E-state index contributed by atoms with van der Waals surface area (Å²) in [7, 11) is 0. The molecule has 2 rings (SSSR count). The Kier molecular flexibility index (Phi) is 1.68. The normalized spacial score (nSPS) is 16.1. The Labute approximate surface area is 71.6 Å². The lowest BCUT2D eigenvalue weighted by Crippen LogP contribution is -2.04. The maximum Gasteiger partial charge on any atom is 0.167 e. The first-order valence-corrected chi connectivity index (χ1v) is 4.25. The highest BCUT2D eigenvalue weighted by molar-refractivity contribution is 6.00. The van der Waals surface area contributed by atoms with Crippen molar-refractivity contribution in [3.63, 3.8) is 0 Å². The van der Waals surface area contributed by atoms with Gasteiger partial charge >= 0.3 is 0 Å². The van der Waals surface area contributed by atoms with Crippen LogP contribution in [0.15, 0.2) is 18.3 Å². The van der Waals surface area contributed by atoms with Crippen molar-refractivity contribution >= 4 is 5.78 Å². The van der Waals surface area contributed by atoms with Crippen molar-refractivity contribution in [1.29, 1.82) is 0 Å². The predicted molar refractivity (Wildman–Crippen MR) is 46.0 cm³/mol. The Morgan fingerprint density at radius 3 is 2.92 bits per heavy atom. The molecule has 1 fully saturated rings. The van der Waals surface area contributed by atoms with Gasteiger partial charge in [0.1, 0.15) is 0 Å². The second kappa shape index (κ2) is 2.70. The van der Waals surface area contributed by atoms with E-state index in [2.05, 4.69) is 4.98 Å². The predicted octanol–water partition coefficient (Wildman–Crippen LogP) is 1.98. The number of carbonyl (C=O) groups is 1. The largest absolute Gasteiger partial charge is 0.294 e. The molecule has 1 heterocycles. The number of pyridine rings is 1. The van der Waals surface area contributed by atoms with Crippen molar-refractivity contribution in [3.05, 3.63) is 29.6 Å². The first-order valence-electron chi connectivity index (χ1n) is 4.25. The van der Waals surface area contributed by atoms with Crippen molar-refractivity contribution in [2.24, 2.45) is 5.92 Å². The number of Topliss-reactive ketones (excluding diaryl/α,β-unsaturated/α-hetero) is 1. The lowest BCUT2D eigenvalue weighted by Gasteiger charge is -2.00. The smallest absolute Gasteiger partial charge is 0.167 e. The van der Waals surface area contributed by atoms with Crippen LogP contribution in [0.1, 0.15) is 28.9 Å². The van der Waals surface area contributed by atoms with Crippen LogP contribution in [0.4, 0.5) is 0 Å². The molecule has 1 aliphatic rings. The van der Waals surface area contributed by atoms with E-state index < -0.39 is 0 Å². The van der Waals surface area contributed by atoms with E-state index >= 15 is 0 Å². The number of aromatic nitrogens is 1. The Hall–Kier alpha value is -1.18. The number of aryl methyl sites for hydroxylation is 1. The van der Waals surface area contributed by atoms with E-state index in [9.17, 15) is 4.79 Å². The molecule has 12 heavy (non-hydrogen) atoms. The van der Waals surface area contributed by atoms with Crippen LogP contribution in [-0.2, 0) is 0 Å². The molecule has 0 bridgehead atoms. The Morgan fingerprint density at radius 2 is 2.33 bits per heavy atom. The summed E-state index contributed by atoms with van der Waals surface area (Å²) >= 11 is 0. The van der Waals surface area contributed by atoms with Gasteiger partial charge in [-0.15, -0.1) is 0 Å². The molecule has 0 spiro atoms. The second-order valence-electron chi connectivity index (χ2n) is 3.27. The molecule has 0 atom stereocenters. The number of rotatable bonds is 2. The molecule has 0 N–H and O–H groups in total. The molecule has 1 aromatic heterocycles. The van der Waals surface area contributed by atoms with Crippen LogP contribution >= 0.6 is 0 Å². The SMILES string of the molecule is Cc1ncccc1C(=O)C1CC1. The van der Waals surface area contributed by atoms with E-state index in [0.29, 0.717) is 5.92 Å². The number of nitrogens with zero attached hydrogens (tertiary/aromatic N) is 1. The zero-order chi connectivity index (χ0) is 8.55. The number of ketones is 1. The van der Waals surface area contributed by atoms with Gasteiger partial charge in [-0.05, 0) is 31.9 Å². The molecule has 0 unspecified atom stereocenters. The molecule has 0 aromatic carbocycles. The van der Waals surface area contributed by atoms with Crippen molar-refractivity contribution in [1.82, 2.24) is 4.98 Å². The van der Waals surface area contributed by atoms with Gasteiger partial charge in [-0.2, -0.15) is 0 Å². The van der Waals surface area contributed by atoms with Gasteiger partial charge in [0.2, 0.25) is 0 Å². The summed E-state index contributed by atoms with van der Waals surface area (Å²) < 4.78 is 0. The highest BCUT2D eigenvalue weighted by Crippen LogP contribution is 2.32. The molecule has 62 valence electrons. The van der Waals surface area contributed by atoms with Crippen LogP contribution in [0, 0.1) is 12.8 Å². The topological polar surface area (TPSA) is 30.0 Å². The fraction of sp³-hybridized carbons (Fsp3) is 0.400. The van der Waals surface area contributed by atoms with Crippen molar-refractivity contribution in [2.75, 3.05) is 0 Å². The average Bonchev–Trinajstić information content (AvgIpc) is 2.86. The molecule has 0 aliphatic heterocycles. The summed E-state index contributed by atoms with van der Waals surface area (Å²) in [5.41, 5.74) is 1.66. The Balaban J connectivity index is 2.32. The first kappa shape index (κ1) is 7.47. The lowest BCUT2D eigenvalue weighted by atomic mass is 10.1. The molecule has 1 aromatic rings. The maximum absolute atomic E-state index is 11.6. The third-order valence-electron chi connectivity index (χ3n) is 2.22. The summed E-state index contributed by atoms with van der Waals surface area (Å²) in [6.45, 7) is 1.88. The standard InChI is InChI=1S/C10H11NO/c1-7-9(3-2-6-11-7)10(12)8-4-5-8/h2-3,6,8H,4-5H2,1H3. The van der Waals surface area contributed by atoms with E-state index in [1.807, 2.05) is 19.1 Å². The Morgan fingerprint density at radius 1 is 1.58 bits per heavy atom. The minimum absolute atomic E-state index is 0.278. The van der Waals surface area contributed by atoms with Crippen molar-refractivity contribution in [3.8, 4) is 0 Å². The molecule has 2 nitrogen and oxygen atoms in total. The highest BCUT2D eigenvalue weighted by Gasteiger charge is 2.31. The molecule has 2 heteroatoms. The summed E-state index contributed by atoms with van der Waals surface area (Å²) in [4.78, 5) is 15.7. The van der Waals surface area contributed by atoms with Crippen molar-refractivity contribution < 1.29 is 4.79 Å². The van der Waals surface area contributed by atoms with Crippen molar-refractivity contribution in [2.45, 2.75) is 19.8 Å². The lowest BCUT2D eigenvalue weighted by molar-refractivity contribution is 0.0966. The summed E-state index contributed by atoms with van der Waals surface area (Å²) in [5.74, 6) is 0.577. The van der Waals surface area contributed by atoms with E-state index in [-0.39, 0.29) is 5.78 Å². The first-order chi connectivity index (χ1) is 5.79. The highest BCUT2D eigenvalue weighted by atomic mass is 16.1. The van der Waals surface area contributed by atoms with Crippen LogP contribution in [0.3, 0.4) is 0 Å². The van der Waals surface area contributed by atoms with Gasteiger partial charge < -0.3 is 0 Å². The minimum atomic E-state index is 0.278. The van der Waals surface area contributed by atoms with Gasteiger partial charge in [-0.1, -0.05) is 0 Å². The van der Waals surface area contributed by atoms with Crippen LogP contribution in [-0.4, -0.2) is 10.8 Å². The van der Waals surface area contributed by atoms with Crippen LogP contribution in [0.5, 0.6) is 0 Å². The fourth-order valence-corrected chi connectivity index (χ4v) is 1.31. The number of hydrogen-bond acceptors (Lipinski definition) is 2. The fourth-order valence-electron chi connectivity index (χ4n) is 1.31. The second-order valence-corrected chi connectivity index (χ2v) is 3.27. The molecular weight excluding hydrogens is 150 g/mol. The van der Waals surface area contributed by atoms with Gasteiger partial charge in [0.05, 0.1) is 0 Å². The molecule has 0 radical (unpaired) electrons.